The first-order valence-corrected chi connectivity index (χ1v) is 15.4. The van der Waals surface area contributed by atoms with Crippen molar-refractivity contribution in [1.82, 2.24) is 29.4 Å². The van der Waals surface area contributed by atoms with Crippen molar-refractivity contribution in [2.45, 2.75) is 86.5 Å². The normalized spacial score (nSPS) is 16.0. The largest absolute Gasteiger partial charge is 0.367 e. The van der Waals surface area contributed by atoms with Crippen molar-refractivity contribution in [3.05, 3.63) is 36.3 Å². The summed E-state index contributed by atoms with van der Waals surface area (Å²) in [7, 11) is 2.23. The first-order valence-electron chi connectivity index (χ1n) is 15.4. The van der Waals surface area contributed by atoms with E-state index >= 15 is 0 Å². The lowest BCUT2D eigenvalue weighted by Gasteiger charge is -2.35. The summed E-state index contributed by atoms with van der Waals surface area (Å²) >= 11 is 0. The van der Waals surface area contributed by atoms with Gasteiger partial charge in [-0.2, -0.15) is 0 Å². The number of hydrogen-bond donors (Lipinski definition) is 1. The molecule has 0 bridgehead atoms. The summed E-state index contributed by atoms with van der Waals surface area (Å²) in [6.45, 7) is 17.9. The molecule has 1 saturated heterocycles. The Labute approximate surface area is 251 Å². The van der Waals surface area contributed by atoms with Gasteiger partial charge in [0.1, 0.15) is 0 Å². The molecule has 2 aliphatic rings. The minimum Gasteiger partial charge on any atom is -0.367 e. The molecular weight excluding hydrogens is 534 g/mol. The van der Waals surface area contributed by atoms with Gasteiger partial charge in [0, 0.05) is 56.6 Å². The molecule has 0 aromatic carbocycles. The van der Waals surface area contributed by atoms with Gasteiger partial charge in [-0.25, -0.2) is 18.3 Å². The Hall–Kier alpha value is -2.98. The van der Waals surface area contributed by atoms with Crippen LogP contribution in [0, 0.1) is 12.8 Å². The average Bonchev–Trinajstić information content (AvgIpc) is 3.40. The number of aromatic nitrogens is 4. The lowest BCUT2D eigenvalue weighted by atomic mass is 9.89. The van der Waals surface area contributed by atoms with Crippen LogP contribution in [0.25, 0.3) is 16.8 Å². The van der Waals surface area contributed by atoms with Crippen molar-refractivity contribution in [2.24, 2.45) is 10.9 Å². The Balaban J connectivity index is 0.000000253. The lowest BCUT2D eigenvalue weighted by Crippen LogP contribution is -2.46. The fraction of sp³-hybridized carbons (Fsp3) is 0.625. The summed E-state index contributed by atoms with van der Waals surface area (Å²) in [6, 6.07) is 5.89. The van der Waals surface area contributed by atoms with Crippen LogP contribution < -0.4 is 5.73 Å². The quantitative estimate of drug-likeness (QED) is 0.316. The fourth-order valence-electron chi connectivity index (χ4n) is 4.96. The van der Waals surface area contributed by atoms with Crippen molar-refractivity contribution in [1.29, 1.82) is 0 Å². The second-order valence-electron chi connectivity index (χ2n) is 10.9. The van der Waals surface area contributed by atoms with Gasteiger partial charge in [-0.15, -0.1) is 5.10 Å². The van der Waals surface area contributed by atoms with Gasteiger partial charge in [0.05, 0.1) is 28.8 Å². The molecule has 3 aromatic rings. The molecular formula is C32H52F2N8. The van der Waals surface area contributed by atoms with Crippen LogP contribution in [0.2, 0.25) is 0 Å². The molecule has 1 saturated carbocycles. The lowest BCUT2D eigenvalue weighted by molar-refractivity contribution is 0.125. The van der Waals surface area contributed by atoms with E-state index in [0.29, 0.717) is 0 Å². The van der Waals surface area contributed by atoms with E-state index in [9.17, 15) is 8.78 Å². The summed E-state index contributed by atoms with van der Waals surface area (Å²) in [4.78, 5) is 18.3. The molecule has 8 nitrogen and oxygen atoms in total. The number of nitrogens with zero attached hydrogens (tertiary/aromatic N) is 7. The summed E-state index contributed by atoms with van der Waals surface area (Å²) < 4.78 is 23.2. The van der Waals surface area contributed by atoms with Crippen LogP contribution in [0.4, 0.5) is 20.4 Å². The Morgan fingerprint density at radius 2 is 1.69 bits per heavy atom. The van der Waals surface area contributed by atoms with Crippen LogP contribution in [0.3, 0.4) is 0 Å². The van der Waals surface area contributed by atoms with Gasteiger partial charge in [-0.1, -0.05) is 40.0 Å². The predicted molar refractivity (Wildman–Crippen MR) is 172 cm³/mol. The van der Waals surface area contributed by atoms with Crippen molar-refractivity contribution in [3.8, 4) is 11.3 Å². The number of hydrogen-bond acceptors (Lipinski definition) is 7. The molecule has 5 rings (SSSR count). The smallest absolute Gasteiger partial charge is 0.238 e. The second kappa shape index (κ2) is 18.5. The van der Waals surface area contributed by atoms with Crippen LogP contribution in [0.1, 0.15) is 78.8 Å². The number of nitrogens with two attached hydrogens (primary N) is 1. The molecule has 0 unspecified atom stereocenters. The van der Waals surface area contributed by atoms with Crippen molar-refractivity contribution in [2.75, 3.05) is 45.5 Å². The monoisotopic (exact) mass is 586 g/mol. The van der Waals surface area contributed by atoms with Gasteiger partial charge in [-0.3, -0.25) is 9.98 Å². The molecule has 1 aliphatic heterocycles. The van der Waals surface area contributed by atoms with E-state index in [4.69, 9.17) is 5.73 Å². The molecule has 1 aliphatic carbocycles. The third-order valence-electron chi connectivity index (χ3n) is 7.26. The fourth-order valence-corrected chi connectivity index (χ4v) is 4.96. The standard InChI is InChI=1S/C15H16N6.C12H24N2.C3H6F2.C2H6/c1-9(2)18-12-4-5-13(19-10(12)3)11-6-7-21-14(11)8-17-15(16)20-21;1-13-7-9-14(10-8-13)11-12-5-3-2-4-6-12;1-2-3(4)5;1-2/h4-8H,1-3H3,(H2,16,20);12H,2-11H2,1H3;3H,2H2,1H3;1-2H3. The van der Waals surface area contributed by atoms with Crippen LogP contribution >= 0.6 is 0 Å². The number of alkyl halides is 2. The zero-order chi connectivity index (χ0) is 31.1. The molecule has 0 amide bonds. The summed E-state index contributed by atoms with van der Waals surface area (Å²) in [6.07, 6.45) is 8.85. The van der Waals surface area contributed by atoms with Gasteiger partial charge in [0.15, 0.2) is 0 Å². The minimum atomic E-state index is -2.12. The first-order chi connectivity index (χ1) is 20.2. The van der Waals surface area contributed by atoms with E-state index < -0.39 is 6.43 Å². The van der Waals surface area contributed by atoms with Crippen LogP contribution in [-0.4, -0.2) is 81.3 Å². The average molecular weight is 587 g/mol. The van der Waals surface area contributed by atoms with E-state index in [0.717, 1.165) is 39.8 Å². The maximum Gasteiger partial charge on any atom is 0.238 e. The number of rotatable bonds is 5. The molecule has 42 heavy (non-hydrogen) atoms. The summed E-state index contributed by atoms with van der Waals surface area (Å²) in [5, 5.41) is 4.13. The zero-order valence-corrected chi connectivity index (χ0v) is 26.8. The van der Waals surface area contributed by atoms with Crippen molar-refractivity contribution < 1.29 is 8.78 Å². The molecule has 2 fully saturated rings. The maximum absolute atomic E-state index is 10.8. The third-order valence-corrected chi connectivity index (χ3v) is 7.26. The molecule has 0 spiro atoms. The molecule has 234 valence electrons. The summed E-state index contributed by atoms with van der Waals surface area (Å²) in [5.41, 5.74) is 11.1. The van der Waals surface area contributed by atoms with Gasteiger partial charge >= 0.3 is 0 Å². The molecule has 0 atom stereocenters. The van der Waals surface area contributed by atoms with E-state index in [1.807, 2.05) is 59.0 Å². The highest BCUT2D eigenvalue weighted by Crippen LogP contribution is 2.27. The highest BCUT2D eigenvalue weighted by Gasteiger charge is 2.19. The van der Waals surface area contributed by atoms with Gasteiger partial charge in [0.2, 0.25) is 12.4 Å². The number of fused-ring (bicyclic) bond motifs is 1. The van der Waals surface area contributed by atoms with E-state index in [1.165, 1.54) is 71.8 Å². The van der Waals surface area contributed by atoms with E-state index in [-0.39, 0.29) is 12.4 Å². The second-order valence-corrected chi connectivity index (χ2v) is 10.9. The zero-order valence-electron chi connectivity index (χ0n) is 26.8. The number of piperazine rings is 1. The predicted octanol–water partition coefficient (Wildman–Crippen LogP) is 7.30. The Kier molecular flexibility index (Phi) is 15.5. The highest BCUT2D eigenvalue weighted by molar-refractivity contribution is 5.83. The SMILES string of the molecule is CC.CC(C)=Nc1ccc(-c2ccn3nc(N)ncc23)nc1C.CCC(F)F.CN1CCN(CC2CCCCC2)CC1. The maximum atomic E-state index is 10.8. The highest BCUT2D eigenvalue weighted by atomic mass is 19.3. The molecule has 3 aromatic heterocycles. The van der Waals surface area contributed by atoms with E-state index in [2.05, 4.69) is 36.9 Å². The third kappa shape index (κ3) is 11.7. The molecule has 4 heterocycles. The number of nitrogen functional groups attached to an aromatic ring is 1. The molecule has 10 heteroatoms. The number of anilines is 1. The Morgan fingerprint density at radius 3 is 2.26 bits per heavy atom. The summed E-state index contributed by atoms with van der Waals surface area (Å²) in [5.74, 6) is 1.27. The van der Waals surface area contributed by atoms with Crippen LogP contribution in [0.5, 0.6) is 0 Å². The van der Waals surface area contributed by atoms with Crippen molar-refractivity contribution in [3.63, 3.8) is 0 Å². The van der Waals surface area contributed by atoms with Crippen LogP contribution in [-0.2, 0) is 0 Å². The Morgan fingerprint density at radius 1 is 1.05 bits per heavy atom. The van der Waals surface area contributed by atoms with Gasteiger partial charge in [-0.05, 0) is 64.8 Å². The van der Waals surface area contributed by atoms with Crippen molar-refractivity contribution >= 4 is 22.9 Å². The van der Waals surface area contributed by atoms with Gasteiger partial charge in [0.25, 0.3) is 0 Å². The number of halogens is 2. The number of likely N-dealkylation sites (N-methyl/N-ethyl adjacent to an activating group) is 1. The number of aryl methyl sites for hydroxylation is 1. The van der Waals surface area contributed by atoms with Crippen LogP contribution in [0.15, 0.2) is 35.6 Å². The number of pyridine rings is 1. The first kappa shape index (κ1) is 35.2. The minimum absolute atomic E-state index is 0.0278. The van der Waals surface area contributed by atoms with Gasteiger partial charge < -0.3 is 15.5 Å². The Bertz CT molecular complexity index is 1210. The number of aliphatic imine (C=N–C) groups is 1. The topological polar surface area (TPSA) is 87.9 Å². The molecule has 2 N–H and O–H groups in total. The molecule has 0 radical (unpaired) electrons. The van der Waals surface area contributed by atoms with E-state index in [1.54, 1.807) is 10.7 Å².